The quantitative estimate of drug-likeness (QED) is 0.507. The summed E-state index contributed by atoms with van der Waals surface area (Å²) in [6, 6.07) is 15.8. The number of carbonyl (C=O) groups is 1. The van der Waals surface area contributed by atoms with Crippen LogP contribution in [0.5, 0.6) is 0 Å². The summed E-state index contributed by atoms with van der Waals surface area (Å²) in [5.74, 6) is 1.43. The van der Waals surface area contributed by atoms with E-state index in [1.54, 1.807) is 11.8 Å². The first-order valence-electron chi connectivity index (χ1n) is 12.0. The monoisotopic (exact) mass is 491 g/mol. The highest BCUT2D eigenvalue weighted by atomic mass is 32.2. The van der Waals surface area contributed by atoms with Gasteiger partial charge in [-0.05, 0) is 41.8 Å². The summed E-state index contributed by atoms with van der Waals surface area (Å²) in [5, 5.41) is 16.0. The molecule has 1 amide bonds. The van der Waals surface area contributed by atoms with Crippen molar-refractivity contribution in [2.75, 3.05) is 43.9 Å². The summed E-state index contributed by atoms with van der Waals surface area (Å²) in [5.41, 5.74) is 3.30. The van der Waals surface area contributed by atoms with Crippen LogP contribution in [0.1, 0.15) is 36.2 Å². The van der Waals surface area contributed by atoms with Gasteiger partial charge in [0.1, 0.15) is 0 Å². The number of aliphatic hydroxyl groups excluding tert-OH is 1. The van der Waals surface area contributed by atoms with E-state index >= 15 is 0 Å². The molecule has 0 bridgehead atoms. The van der Waals surface area contributed by atoms with Crippen LogP contribution in [0.3, 0.4) is 0 Å². The van der Waals surface area contributed by atoms with Crippen LogP contribution in [0.4, 0.5) is 5.69 Å². The zero-order valence-corrected chi connectivity index (χ0v) is 21.1. The molecule has 8 heteroatoms. The molecule has 3 N–H and O–H groups in total. The first-order valence-corrected chi connectivity index (χ1v) is 12.9. The Bertz CT molecular complexity index is 1100. The van der Waals surface area contributed by atoms with Crippen molar-refractivity contribution in [2.24, 2.45) is 15.4 Å². The first-order chi connectivity index (χ1) is 16.9. The normalized spacial score (nSPS) is 16.4. The smallest absolute Gasteiger partial charge is 0.253 e. The molecule has 2 aromatic rings. The second kappa shape index (κ2) is 11.7. The van der Waals surface area contributed by atoms with Gasteiger partial charge in [0.2, 0.25) is 5.96 Å². The standard InChI is InChI=1S/C27H33N5O2S/c1-27(2,18-33)19-35-23-11-7-20(8-12-23)24-4-3-13-29-26(31-24)30-22-9-5-21(6-10-22)25(34)32-16-14-28-15-17-32/h4-13,28,33H,3,14-19H2,1-2H3,(H,30,31). The van der Waals surface area contributed by atoms with E-state index in [0.29, 0.717) is 17.9 Å². The van der Waals surface area contributed by atoms with E-state index in [2.05, 4.69) is 59.8 Å². The molecule has 1 fully saturated rings. The largest absolute Gasteiger partial charge is 0.396 e. The van der Waals surface area contributed by atoms with Crippen molar-refractivity contribution in [2.45, 2.75) is 25.2 Å². The van der Waals surface area contributed by atoms with E-state index < -0.39 is 0 Å². The number of benzene rings is 2. The maximum atomic E-state index is 12.7. The third kappa shape index (κ3) is 7.04. The number of guanidine groups is 1. The molecule has 0 unspecified atom stereocenters. The predicted octanol–water partition coefficient (Wildman–Crippen LogP) is 4.13. The maximum Gasteiger partial charge on any atom is 0.253 e. The number of hydrogen-bond donors (Lipinski definition) is 3. The summed E-state index contributed by atoms with van der Waals surface area (Å²) in [4.78, 5) is 24.9. The van der Waals surface area contributed by atoms with E-state index in [4.69, 9.17) is 4.99 Å². The molecule has 1 saturated heterocycles. The Morgan fingerprint density at radius 1 is 1.11 bits per heavy atom. The van der Waals surface area contributed by atoms with Gasteiger partial charge in [0.05, 0.1) is 5.70 Å². The number of hydrogen-bond acceptors (Lipinski definition) is 7. The van der Waals surface area contributed by atoms with Crippen LogP contribution in [0.2, 0.25) is 0 Å². The Morgan fingerprint density at radius 3 is 2.51 bits per heavy atom. The third-order valence-corrected chi connectivity index (χ3v) is 7.39. The van der Waals surface area contributed by atoms with Crippen LogP contribution < -0.4 is 10.6 Å². The number of nitrogens with one attached hydrogen (secondary N) is 2. The number of anilines is 1. The molecule has 0 atom stereocenters. The van der Waals surface area contributed by atoms with Crippen LogP contribution in [0.15, 0.2) is 69.5 Å². The Labute approximate surface area is 211 Å². The van der Waals surface area contributed by atoms with Crippen molar-refractivity contribution in [1.29, 1.82) is 0 Å². The maximum absolute atomic E-state index is 12.7. The summed E-state index contributed by atoms with van der Waals surface area (Å²) in [6.07, 6.45) is 4.59. The topological polar surface area (TPSA) is 89.3 Å². The molecule has 184 valence electrons. The van der Waals surface area contributed by atoms with Crippen molar-refractivity contribution in [1.82, 2.24) is 10.2 Å². The number of amides is 1. The molecule has 2 aliphatic heterocycles. The molecule has 7 nitrogen and oxygen atoms in total. The van der Waals surface area contributed by atoms with E-state index in [1.807, 2.05) is 35.4 Å². The van der Waals surface area contributed by atoms with Gasteiger partial charge in [0.15, 0.2) is 0 Å². The summed E-state index contributed by atoms with van der Waals surface area (Å²) in [7, 11) is 0. The Balaban J connectivity index is 1.40. The molecule has 0 aromatic heterocycles. The van der Waals surface area contributed by atoms with E-state index in [1.165, 1.54) is 4.90 Å². The SMILES string of the molecule is CC(C)(CO)CSc1ccc(C2=CCC=NC(Nc3ccc(C(=O)N4CCNCC4)cc3)=N2)cc1. The molecule has 2 heterocycles. The molecular formula is C27H33N5O2S. The third-order valence-electron chi connectivity index (χ3n) is 5.86. The summed E-state index contributed by atoms with van der Waals surface area (Å²) >= 11 is 1.74. The van der Waals surface area contributed by atoms with Gasteiger partial charge in [-0.25, -0.2) is 9.98 Å². The molecule has 0 saturated carbocycles. The number of piperazine rings is 1. The minimum Gasteiger partial charge on any atom is -0.396 e. The Morgan fingerprint density at radius 2 is 1.83 bits per heavy atom. The number of allylic oxidation sites excluding steroid dienone is 1. The second-order valence-electron chi connectivity index (χ2n) is 9.45. The van der Waals surface area contributed by atoms with Crippen molar-refractivity contribution in [3.8, 4) is 0 Å². The molecule has 2 aromatic carbocycles. The number of carbonyl (C=O) groups excluding carboxylic acids is 1. The number of thioether (sulfide) groups is 1. The van der Waals surface area contributed by atoms with Crippen LogP contribution in [0.25, 0.3) is 5.70 Å². The van der Waals surface area contributed by atoms with Crippen molar-refractivity contribution < 1.29 is 9.90 Å². The predicted molar refractivity (Wildman–Crippen MR) is 145 cm³/mol. The number of aliphatic imine (C=N–C) groups is 2. The Hall–Kier alpha value is -2.94. The van der Waals surface area contributed by atoms with Crippen molar-refractivity contribution in [3.63, 3.8) is 0 Å². The molecule has 4 rings (SSSR count). The lowest BCUT2D eigenvalue weighted by atomic mass is 9.98. The van der Waals surface area contributed by atoms with Gasteiger partial charge >= 0.3 is 0 Å². The molecule has 0 radical (unpaired) electrons. The molecule has 2 aliphatic rings. The fraction of sp³-hybridized carbons (Fsp3) is 0.370. The highest BCUT2D eigenvalue weighted by Gasteiger charge is 2.18. The lowest BCUT2D eigenvalue weighted by Gasteiger charge is -2.27. The van der Waals surface area contributed by atoms with Crippen LogP contribution in [0, 0.1) is 5.41 Å². The van der Waals surface area contributed by atoms with Gasteiger partial charge in [0.25, 0.3) is 5.91 Å². The van der Waals surface area contributed by atoms with Crippen LogP contribution in [-0.2, 0) is 0 Å². The van der Waals surface area contributed by atoms with Crippen LogP contribution in [-0.4, -0.2) is 66.6 Å². The average Bonchev–Trinajstić information content (AvgIpc) is 3.14. The lowest BCUT2D eigenvalue weighted by molar-refractivity contribution is 0.0736. The van der Waals surface area contributed by atoms with Crippen molar-refractivity contribution >= 4 is 41.2 Å². The van der Waals surface area contributed by atoms with Gasteiger partial charge in [0, 0.05) is 72.9 Å². The van der Waals surface area contributed by atoms with Crippen molar-refractivity contribution in [3.05, 3.63) is 65.7 Å². The minimum absolute atomic E-state index is 0.0645. The molecule has 35 heavy (non-hydrogen) atoms. The van der Waals surface area contributed by atoms with E-state index in [-0.39, 0.29) is 17.9 Å². The fourth-order valence-corrected chi connectivity index (χ4v) is 4.63. The summed E-state index contributed by atoms with van der Waals surface area (Å²) < 4.78 is 0. The van der Waals surface area contributed by atoms with Gasteiger partial charge < -0.3 is 20.6 Å². The number of aliphatic hydroxyl groups is 1. The first kappa shape index (κ1) is 25.2. The van der Waals surface area contributed by atoms with E-state index in [9.17, 15) is 9.90 Å². The van der Waals surface area contributed by atoms with E-state index in [0.717, 1.165) is 48.9 Å². The lowest BCUT2D eigenvalue weighted by Crippen LogP contribution is -2.46. The molecule has 0 aliphatic carbocycles. The highest BCUT2D eigenvalue weighted by Crippen LogP contribution is 2.29. The zero-order chi connectivity index (χ0) is 24.7. The summed E-state index contributed by atoms with van der Waals surface area (Å²) in [6.45, 7) is 7.44. The average molecular weight is 492 g/mol. The number of rotatable bonds is 7. The number of nitrogens with zero attached hydrogens (tertiary/aromatic N) is 3. The molecular weight excluding hydrogens is 458 g/mol. The van der Waals surface area contributed by atoms with Gasteiger partial charge in [-0.2, -0.15) is 0 Å². The molecule has 0 spiro atoms. The zero-order valence-electron chi connectivity index (χ0n) is 20.3. The minimum atomic E-state index is -0.105. The van der Waals surface area contributed by atoms with Gasteiger partial charge in [-0.3, -0.25) is 4.79 Å². The Kier molecular flexibility index (Phi) is 8.38. The van der Waals surface area contributed by atoms with Gasteiger partial charge in [-0.1, -0.05) is 32.1 Å². The van der Waals surface area contributed by atoms with Crippen LogP contribution >= 0.6 is 11.8 Å². The highest BCUT2D eigenvalue weighted by molar-refractivity contribution is 7.99. The van der Waals surface area contributed by atoms with Gasteiger partial charge in [-0.15, -0.1) is 11.8 Å². The fourth-order valence-electron chi connectivity index (χ4n) is 3.66. The second-order valence-corrected chi connectivity index (χ2v) is 10.5.